The van der Waals surface area contributed by atoms with Gasteiger partial charge >= 0.3 is 0 Å². The maximum Gasteiger partial charge on any atom is 0.122 e. The lowest BCUT2D eigenvalue weighted by molar-refractivity contribution is -0.0419. The Morgan fingerprint density at radius 2 is 2.19 bits per heavy atom. The molecular weight excluding hydrogens is 204 g/mol. The normalized spacial score (nSPS) is 15.0. The maximum atomic E-state index is 10.3. The summed E-state index contributed by atoms with van der Waals surface area (Å²) in [6.07, 6.45) is 2.88. The van der Waals surface area contributed by atoms with Gasteiger partial charge in [-0.2, -0.15) is 5.10 Å². The van der Waals surface area contributed by atoms with Crippen molar-refractivity contribution in [2.45, 2.75) is 52.4 Å². The highest BCUT2D eigenvalue weighted by Crippen LogP contribution is 2.22. The highest BCUT2D eigenvalue weighted by Gasteiger charge is 2.23. The standard InChI is InChI=1S/C12H22N2O2/c1-4-7-11(16-6-3)12(15)10-8-9-13-14(10)5-2/h8-9,11-12,15H,4-7H2,1-3H3. The average Bonchev–Trinajstić information content (AvgIpc) is 2.75. The number of aromatic nitrogens is 2. The Labute approximate surface area is 97.2 Å². The Balaban J connectivity index is 2.76. The van der Waals surface area contributed by atoms with Crippen LogP contribution in [0.1, 0.15) is 45.4 Å². The van der Waals surface area contributed by atoms with Crippen LogP contribution in [0.4, 0.5) is 0 Å². The molecule has 0 saturated heterocycles. The molecule has 1 N–H and O–H groups in total. The first-order chi connectivity index (χ1) is 7.74. The van der Waals surface area contributed by atoms with E-state index in [1.54, 1.807) is 6.20 Å². The molecule has 0 aliphatic rings. The van der Waals surface area contributed by atoms with E-state index in [0.29, 0.717) is 6.61 Å². The van der Waals surface area contributed by atoms with E-state index >= 15 is 0 Å². The van der Waals surface area contributed by atoms with E-state index in [4.69, 9.17) is 4.74 Å². The number of aliphatic hydroxyl groups is 1. The molecule has 1 heterocycles. The van der Waals surface area contributed by atoms with Crippen molar-refractivity contribution < 1.29 is 9.84 Å². The predicted octanol–water partition coefficient (Wildman–Crippen LogP) is 2.14. The molecule has 0 amide bonds. The van der Waals surface area contributed by atoms with Crippen LogP contribution in [0.25, 0.3) is 0 Å². The number of hydrogen-bond acceptors (Lipinski definition) is 3. The first-order valence-electron chi connectivity index (χ1n) is 6.05. The molecule has 0 radical (unpaired) electrons. The van der Waals surface area contributed by atoms with Crippen LogP contribution in [0.5, 0.6) is 0 Å². The molecule has 2 atom stereocenters. The zero-order valence-corrected chi connectivity index (χ0v) is 10.4. The van der Waals surface area contributed by atoms with Crippen molar-refractivity contribution in [3.63, 3.8) is 0 Å². The molecule has 0 fully saturated rings. The molecular formula is C12H22N2O2. The van der Waals surface area contributed by atoms with Crippen LogP contribution in [0.15, 0.2) is 12.3 Å². The van der Waals surface area contributed by atoms with Gasteiger partial charge in [0.15, 0.2) is 0 Å². The van der Waals surface area contributed by atoms with E-state index < -0.39 is 6.10 Å². The molecule has 1 aromatic rings. The van der Waals surface area contributed by atoms with Crippen LogP contribution in [-0.2, 0) is 11.3 Å². The summed E-state index contributed by atoms with van der Waals surface area (Å²) in [4.78, 5) is 0. The summed E-state index contributed by atoms with van der Waals surface area (Å²) in [5.74, 6) is 0. The molecule has 0 aromatic carbocycles. The maximum absolute atomic E-state index is 10.3. The summed E-state index contributed by atoms with van der Waals surface area (Å²) in [7, 11) is 0. The monoisotopic (exact) mass is 226 g/mol. The summed E-state index contributed by atoms with van der Waals surface area (Å²) in [6.45, 7) is 7.45. The van der Waals surface area contributed by atoms with Crippen LogP contribution in [-0.4, -0.2) is 27.6 Å². The van der Waals surface area contributed by atoms with Crippen molar-refractivity contribution in [2.75, 3.05) is 6.61 Å². The summed E-state index contributed by atoms with van der Waals surface area (Å²) in [5, 5.41) is 14.4. The molecule has 4 heteroatoms. The minimum Gasteiger partial charge on any atom is -0.384 e. The van der Waals surface area contributed by atoms with Crippen molar-refractivity contribution in [1.82, 2.24) is 9.78 Å². The SMILES string of the molecule is CCCC(OCC)C(O)c1ccnn1CC. The second kappa shape index (κ2) is 6.66. The van der Waals surface area contributed by atoms with Crippen LogP contribution in [0.2, 0.25) is 0 Å². The molecule has 0 aliphatic carbocycles. The second-order valence-electron chi connectivity index (χ2n) is 3.80. The van der Waals surface area contributed by atoms with Gasteiger partial charge in [-0.3, -0.25) is 4.68 Å². The van der Waals surface area contributed by atoms with E-state index in [9.17, 15) is 5.11 Å². The van der Waals surface area contributed by atoms with E-state index in [1.165, 1.54) is 0 Å². The van der Waals surface area contributed by atoms with Gasteiger partial charge in [0.1, 0.15) is 6.10 Å². The Hall–Kier alpha value is -0.870. The fraction of sp³-hybridized carbons (Fsp3) is 0.750. The van der Waals surface area contributed by atoms with Gasteiger partial charge in [0.2, 0.25) is 0 Å². The smallest absolute Gasteiger partial charge is 0.122 e. The van der Waals surface area contributed by atoms with Crippen molar-refractivity contribution in [1.29, 1.82) is 0 Å². The molecule has 0 saturated carbocycles. The third-order valence-corrected chi connectivity index (χ3v) is 2.66. The van der Waals surface area contributed by atoms with Gasteiger partial charge in [0, 0.05) is 19.3 Å². The van der Waals surface area contributed by atoms with E-state index in [0.717, 1.165) is 25.1 Å². The number of ether oxygens (including phenoxy) is 1. The molecule has 16 heavy (non-hydrogen) atoms. The lowest BCUT2D eigenvalue weighted by Gasteiger charge is -2.23. The molecule has 0 spiro atoms. The molecule has 0 aliphatic heterocycles. The lowest BCUT2D eigenvalue weighted by Crippen LogP contribution is -2.24. The zero-order chi connectivity index (χ0) is 12.0. The Morgan fingerprint density at radius 3 is 2.75 bits per heavy atom. The van der Waals surface area contributed by atoms with Crippen molar-refractivity contribution in [3.05, 3.63) is 18.0 Å². The predicted molar refractivity (Wildman–Crippen MR) is 63.2 cm³/mol. The molecule has 4 nitrogen and oxygen atoms in total. The Bertz CT molecular complexity index is 293. The molecule has 2 unspecified atom stereocenters. The van der Waals surface area contributed by atoms with Gasteiger partial charge < -0.3 is 9.84 Å². The lowest BCUT2D eigenvalue weighted by atomic mass is 10.1. The fourth-order valence-electron chi connectivity index (χ4n) is 1.88. The van der Waals surface area contributed by atoms with Crippen molar-refractivity contribution in [3.8, 4) is 0 Å². The molecule has 92 valence electrons. The topological polar surface area (TPSA) is 47.3 Å². The number of aryl methyl sites for hydroxylation is 1. The quantitative estimate of drug-likeness (QED) is 0.775. The number of hydrogen-bond donors (Lipinski definition) is 1. The van der Waals surface area contributed by atoms with Gasteiger partial charge in [0.25, 0.3) is 0 Å². The fourth-order valence-corrected chi connectivity index (χ4v) is 1.88. The van der Waals surface area contributed by atoms with Crippen LogP contribution in [0.3, 0.4) is 0 Å². The highest BCUT2D eigenvalue weighted by molar-refractivity contribution is 5.06. The molecule has 0 bridgehead atoms. The number of rotatable bonds is 7. The molecule has 1 aromatic heterocycles. The van der Waals surface area contributed by atoms with E-state index in [2.05, 4.69) is 12.0 Å². The third kappa shape index (κ3) is 3.06. The van der Waals surface area contributed by atoms with Gasteiger partial charge in [-0.15, -0.1) is 0 Å². The minimum absolute atomic E-state index is 0.128. The van der Waals surface area contributed by atoms with Crippen molar-refractivity contribution in [2.24, 2.45) is 0 Å². The van der Waals surface area contributed by atoms with Gasteiger partial charge in [0.05, 0.1) is 11.8 Å². The summed E-state index contributed by atoms with van der Waals surface area (Å²) >= 11 is 0. The highest BCUT2D eigenvalue weighted by atomic mass is 16.5. The van der Waals surface area contributed by atoms with Crippen LogP contribution < -0.4 is 0 Å². The summed E-state index contributed by atoms with van der Waals surface area (Å²) in [6, 6.07) is 1.86. The largest absolute Gasteiger partial charge is 0.384 e. The minimum atomic E-state index is -0.581. The first-order valence-corrected chi connectivity index (χ1v) is 6.05. The van der Waals surface area contributed by atoms with Crippen molar-refractivity contribution >= 4 is 0 Å². The van der Waals surface area contributed by atoms with E-state index in [-0.39, 0.29) is 6.10 Å². The number of nitrogens with zero attached hydrogens (tertiary/aromatic N) is 2. The zero-order valence-electron chi connectivity index (χ0n) is 10.4. The van der Waals surface area contributed by atoms with Crippen LogP contribution in [0, 0.1) is 0 Å². The first kappa shape index (κ1) is 13.2. The van der Waals surface area contributed by atoms with E-state index in [1.807, 2.05) is 24.6 Å². The van der Waals surface area contributed by atoms with Gasteiger partial charge in [-0.05, 0) is 26.3 Å². The summed E-state index contributed by atoms with van der Waals surface area (Å²) in [5.41, 5.74) is 0.842. The number of aliphatic hydroxyl groups excluding tert-OH is 1. The molecule has 1 rings (SSSR count). The Kier molecular flexibility index (Phi) is 5.49. The third-order valence-electron chi connectivity index (χ3n) is 2.66. The van der Waals surface area contributed by atoms with Gasteiger partial charge in [-0.25, -0.2) is 0 Å². The Morgan fingerprint density at radius 1 is 1.44 bits per heavy atom. The van der Waals surface area contributed by atoms with Gasteiger partial charge in [-0.1, -0.05) is 13.3 Å². The van der Waals surface area contributed by atoms with Crippen LogP contribution >= 0.6 is 0 Å². The average molecular weight is 226 g/mol. The second-order valence-corrected chi connectivity index (χ2v) is 3.80. The summed E-state index contributed by atoms with van der Waals surface area (Å²) < 4.78 is 7.39.